The predicted octanol–water partition coefficient (Wildman–Crippen LogP) is 2.59. The fraction of sp³-hybridized carbons (Fsp3) is 0.571. The molecule has 0 amide bonds. The second kappa shape index (κ2) is 7.17. The molecular formula is C14H23NO2. The molecule has 0 heterocycles. The normalized spacial score (nSPS) is 10.6. The van der Waals surface area contributed by atoms with E-state index in [0.29, 0.717) is 0 Å². The van der Waals surface area contributed by atoms with E-state index in [4.69, 9.17) is 9.47 Å². The number of nitrogens with zero attached hydrogens (tertiary/aromatic N) is 1. The minimum Gasteiger partial charge on any atom is -0.493 e. The van der Waals surface area contributed by atoms with Crippen LogP contribution < -0.4 is 9.47 Å². The summed E-state index contributed by atoms with van der Waals surface area (Å²) in [7, 11) is 5.48. The summed E-state index contributed by atoms with van der Waals surface area (Å²) >= 11 is 0. The van der Waals surface area contributed by atoms with Gasteiger partial charge >= 0.3 is 0 Å². The van der Waals surface area contributed by atoms with Gasteiger partial charge in [-0.1, -0.05) is 13.0 Å². The summed E-state index contributed by atoms with van der Waals surface area (Å²) in [6, 6.07) is 6.13. The SMILES string of the molecule is CCN(C)CCCc1ccc(OC)c(OC)c1. The fourth-order valence-corrected chi connectivity index (χ4v) is 1.75. The maximum atomic E-state index is 5.29. The first-order chi connectivity index (χ1) is 8.21. The summed E-state index contributed by atoms with van der Waals surface area (Å²) in [6.07, 6.45) is 2.24. The minimum absolute atomic E-state index is 0.793. The second-order valence-electron chi connectivity index (χ2n) is 4.19. The maximum absolute atomic E-state index is 5.29. The van der Waals surface area contributed by atoms with Crippen molar-refractivity contribution >= 4 is 0 Å². The van der Waals surface area contributed by atoms with Gasteiger partial charge in [-0.3, -0.25) is 0 Å². The zero-order valence-corrected chi connectivity index (χ0v) is 11.3. The van der Waals surface area contributed by atoms with Gasteiger partial charge in [-0.05, 0) is 50.7 Å². The van der Waals surface area contributed by atoms with Crippen LogP contribution in [0.25, 0.3) is 0 Å². The van der Waals surface area contributed by atoms with Crippen LogP contribution in [0.3, 0.4) is 0 Å². The third-order valence-corrected chi connectivity index (χ3v) is 2.99. The van der Waals surface area contributed by atoms with Crippen LogP contribution in [0, 0.1) is 0 Å². The van der Waals surface area contributed by atoms with E-state index in [9.17, 15) is 0 Å². The molecule has 0 aromatic heterocycles. The minimum atomic E-state index is 0.793. The van der Waals surface area contributed by atoms with Gasteiger partial charge in [-0.25, -0.2) is 0 Å². The molecular weight excluding hydrogens is 214 g/mol. The largest absolute Gasteiger partial charge is 0.493 e. The van der Waals surface area contributed by atoms with Crippen LogP contribution in [0.1, 0.15) is 18.9 Å². The van der Waals surface area contributed by atoms with E-state index in [0.717, 1.165) is 31.0 Å². The summed E-state index contributed by atoms with van der Waals surface area (Å²) in [5.41, 5.74) is 1.30. The lowest BCUT2D eigenvalue weighted by molar-refractivity contribution is 0.346. The Morgan fingerprint density at radius 2 is 1.82 bits per heavy atom. The Labute approximate surface area is 104 Å². The van der Waals surface area contributed by atoms with Gasteiger partial charge in [0.15, 0.2) is 11.5 Å². The number of hydrogen-bond acceptors (Lipinski definition) is 3. The molecule has 3 heteroatoms. The van der Waals surface area contributed by atoms with Crippen molar-refractivity contribution < 1.29 is 9.47 Å². The molecule has 0 aliphatic heterocycles. The standard InChI is InChI=1S/C14H23NO2/c1-5-15(2)10-6-7-12-8-9-13(16-3)14(11-12)17-4/h8-9,11H,5-7,10H2,1-4H3. The molecule has 0 N–H and O–H groups in total. The Morgan fingerprint density at radius 3 is 2.41 bits per heavy atom. The molecule has 0 saturated carbocycles. The molecule has 3 nitrogen and oxygen atoms in total. The van der Waals surface area contributed by atoms with Crippen LogP contribution >= 0.6 is 0 Å². The number of benzene rings is 1. The van der Waals surface area contributed by atoms with Gasteiger partial charge in [-0.15, -0.1) is 0 Å². The van der Waals surface area contributed by atoms with E-state index in [2.05, 4.69) is 31.0 Å². The van der Waals surface area contributed by atoms with Crippen molar-refractivity contribution in [1.29, 1.82) is 0 Å². The number of rotatable bonds is 7. The Balaban J connectivity index is 2.54. The first-order valence-corrected chi connectivity index (χ1v) is 6.10. The molecule has 0 unspecified atom stereocenters. The number of methoxy groups -OCH3 is 2. The summed E-state index contributed by atoms with van der Waals surface area (Å²) in [5, 5.41) is 0. The summed E-state index contributed by atoms with van der Waals surface area (Å²) in [5.74, 6) is 1.61. The van der Waals surface area contributed by atoms with Crippen LogP contribution in [0.2, 0.25) is 0 Å². The smallest absolute Gasteiger partial charge is 0.160 e. The van der Waals surface area contributed by atoms with Crippen molar-refractivity contribution in [3.05, 3.63) is 23.8 Å². The Hall–Kier alpha value is -1.22. The molecule has 0 fully saturated rings. The Morgan fingerprint density at radius 1 is 1.12 bits per heavy atom. The fourth-order valence-electron chi connectivity index (χ4n) is 1.75. The van der Waals surface area contributed by atoms with E-state index in [1.807, 2.05) is 6.07 Å². The molecule has 0 radical (unpaired) electrons. The van der Waals surface area contributed by atoms with Gasteiger partial charge in [0, 0.05) is 0 Å². The monoisotopic (exact) mass is 237 g/mol. The quantitative estimate of drug-likeness (QED) is 0.727. The third kappa shape index (κ3) is 4.27. The van der Waals surface area contributed by atoms with Gasteiger partial charge in [0.1, 0.15) is 0 Å². The maximum Gasteiger partial charge on any atom is 0.160 e. The van der Waals surface area contributed by atoms with Crippen molar-refractivity contribution in [3.63, 3.8) is 0 Å². The zero-order valence-electron chi connectivity index (χ0n) is 11.3. The van der Waals surface area contributed by atoms with Gasteiger partial charge in [-0.2, -0.15) is 0 Å². The van der Waals surface area contributed by atoms with E-state index < -0.39 is 0 Å². The highest BCUT2D eigenvalue weighted by Crippen LogP contribution is 2.27. The lowest BCUT2D eigenvalue weighted by atomic mass is 10.1. The first-order valence-electron chi connectivity index (χ1n) is 6.10. The second-order valence-corrected chi connectivity index (χ2v) is 4.19. The van der Waals surface area contributed by atoms with Crippen molar-refractivity contribution in [3.8, 4) is 11.5 Å². The number of hydrogen-bond donors (Lipinski definition) is 0. The van der Waals surface area contributed by atoms with Crippen LogP contribution in [0.15, 0.2) is 18.2 Å². The van der Waals surface area contributed by atoms with Crippen LogP contribution in [0.5, 0.6) is 11.5 Å². The lowest BCUT2D eigenvalue weighted by Gasteiger charge is -2.14. The predicted molar refractivity (Wildman–Crippen MR) is 71.0 cm³/mol. The van der Waals surface area contributed by atoms with Crippen molar-refractivity contribution in [1.82, 2.24) is 4.90 Å². The third-order valence-electron chi connectivity index (χ3n) is 2.99. The molecule has 0 aliphatic rings. The van der Waals surface area contributed by atoms with E-state index in [-0.39, 0.29) is 0 Å². The van der Waals surface area contributed by atoms with E-state index >= 15 is 0 Å². The molecule has 0 spiro atoms. The highest BCUT2D eigenvalue weighted by Gasteiger charge is 2.04. The van der Waals surface area contributed by atoms with E-state index in [1.54, 1.807) is 14.2 Å². The van der Waals surface area contributed by atoms with Gasteiger partial charge in [0.25, 0.3) is 0 Å². The first kappa shape index (κ1) is 13.8. The molecule has 17 heavy (non-hydrogen) atoms. The van der Waals surface area contributed by atoms with Crippen molar-refractivity contribution in [2.24, 2.45) is 0 Å². The molecule has 0 bridgehead atoms. The van der Waals surface area contributed by atoms with E-state index in [1.165, 1.54) is 12.0 Å². The molecule has 0 atom stereocenters. The topological polar surface area (TPSA) is 21.7 Å². The summed E-state index contributed by atoms with van der Waals surface area (Å²) in [4.78, 5) is 2.32. The average molecular weight is 237 g/mol. The highest BCUT2D eigenvalue weighted by molar-refractivity contribution is 5.42. The zero-order chi connectivity index (χ0) is 12.7. The van der Waals surface area contributed by atoms with Crippen LogP contribution in [0.4, 0.5) is 0 Å². The number of aryl methyl sites for hydroxylation is 1. The molecule has 1 aromatic carbocycles. The Kier molecular flexibility index (Phi) is 5.84. The molecule has 1 aromatic rings. The molecule has 0 saturated heterocycles. The average Bonchev–Trinajstić information content (AvgIpc) is 2.38. The molecule has 0 aliphatic carbocycles. The Bertz CT molecular complexity index is 339. The van der Waals surface area contributed by atoms with Crippen LogP contribution in [-0.2, 0) is 6.42 Å². The number of ether oxygens (including phenoxy) is 2. The summed E-state index contributed by atoms with van der Waals surface area (Å²) < 4.78 is 10.5. The highest BCUT2D eigenvalue weighted by atomic mass is 16.5. The lowest BCUT2D eigenvalue weighted by Crippen LogP contribution is -2.19. The molecule has 1 rings (SSSR count). The van der Waals surface area contributed by atoms with Gasteiger partial charge in [0.05, 0.1) is 14.2 Å². The van der Waals surface area contributed by atoms with Gasteiger partial charge in [0.2, 0.25) is 0 Å². The van der Waals surface area contributed by atoms with Crippen molar-refractivity contribution in [2.45, 2.75) is 19.8 Å². The molecule has 96 valence electrons. The van der Waals surface area contributed by atoms with Gasteiger partial charge < -0.3 is 14.4 Å². The van der Waals surface area contributed by atoms with Crippen LogP contribution in [-0.4, -0.2) is 39.3 Å². The van der Waals surface area contributed by atoms with Crippen molar-refractivity contribution in [2.75, 3.05) is 34.4 Å². The summed E-state index contributed by atoms with van der Waals surface area (Å²) in [6.45, 7) is 4.41.